The molecule has 1 unspecified atom stereocenters. The van der Waals surface area contributed by atoms with Crippen LogP contribution in [0.3, 0.4) is 0 Å². The maximum absolute atomic E-state index is 12.2. The van der Waals surface area contributed by atoms with Crippen LogP contribution in [-0.4, -0.2) is 37.3 Å². The Balaban J connectivity index is 1.97. The van der Waals surface area contributed by atoms with Crippen molar-refractivity contribution in [3.05, 3.63) is 23.8 Å². The summed E-state index contributed by atoms with van der Waals surface area (Å²) in [5, 5.41) is 16.1. The predicted octanol–water partition coefficient (Wildman–Crippen LogP) is 1.91. The van der Waals surface area contributed by atoms with Gasteiger partial charge in [-0.1, -0.05) is 13.8 Å². The SMILES string of the molecule is COc1ccc(C(=O)NCC2NCCCC2(C)C)cc1O. The molecule has 116 valence electrons. The second-order valence-electron chi connectivity index (χ2n) is 6.20. The first kappa shape index (κ1) is 15.6. The molecule has 0 spiro atoms. The van der Waals surface area contributed by atoms with E-state index < -0.39 is 0 Å². The van der Waals surface area contributed by atoms with Gasteiger partial charge in [0.2, 0.25) is 0 Å². The van der Waals surface area contributed by atoms with Crippen molar-refractivity contribution in [3.8, 4) is 11.5 Å². The lowest BCUT2D eigenvalue weighted by Gasteiger charge is -2.39. The van der Waals surface area contributed by atoms with E-state index in [1.165, 1.54) is 19.6 Å². The zero-order valence-electron chi connectivity index (χ0n) is 12.9. The summed E-state index contributed by atoms with van der Waals surface area (Å²) in [4.78, 5) is 12.2. The zero-order valence-corrected chi connectivity index (χ0v) is 12.9. The van der Waals surface area contributed by atoms with Crippen LogP contribution in [0, 0.1) is 5.41 Å². The Morgan fingerprint density at radius 3 is 2.90 bits per heavy atom. The number of carbonyl (C=O) groups is 1. The smallest absolute Gasteiger partial charge is 0.251 e. The molecule has 21 heavy (non-hydrogen) atoms. The monoisotopic (exact) mass is 292 g/mol. The first-order chi connectivity index (χ1) is 9.94. The summed E-state index contributed by atoms with van der Waals surface area (Å²) in [6.07, 6.45) is 2.33. The summed E-state index contributed by atoms with van der Waals surface area (Å²) in [7, 11) is 1.48. The number of ether oxygens (including phenoxy) is 1. The van der Waals surface area contributed by atoms with Gasteiger partial charge >= 0.3 is 0 Å². The summed E-state index contributed by atoms with van der Waals surface area (Å²) in [6.45, 7) is 6.01. The van der Waals surface area contributed by atoms with Gasteiger partial charge in [0.1, 0.15) is 0 Å². The maximum Gasteiger partial charge on any atom is 0.251 e. The van der Waals surface area contributed by atoms with Crippen LogP contribution in [-0.2, 0) is 0 Å². The fourth-order valence-electron chi connectivity index (χ4n) is 2.75. The zero-order chi connectivity index (χ0) is 15.5. The topological polar surface area (TPSA) is 70.6 Å². The molecule has 0 bridgehead atoms. The minimum Gasteiger partial charge on any atom is -0.504 e. The molecule has 1 heterocycles. The summed E-state index contributed by atoms with van der Waals surface area (Å²) < 4.78 is 4.97. The molecule has 0 aliphatic carbocycles. The van der Waals surface area contributed by atoms with Crippen molar-refractivity contribution in [3.63, 3.8) is 0 Å². The summed E-state index contributed by atoms with van der Waals surface area (Å²) in [5.41, 5.74) is 0.607. The molecule has 1 atom stereocenters. The first-order valence-corrected chi connectivity index (χ1v) is 7.32. The number of hydrogen-bond donors (Lipinski definition) is 3. The molecule has 1 aromatic rings. The molecule has 0 aromatic heterocycles. The van der Waals surface area contributed by atoms with Gasteiger partial charge in [0.05, 0.1) is 7.11 Å². The van der Waals surface area contributed by atoms with Crippen LogP contribution in [0.15, 0.2) is 18.2 Å². The van der Waals surface area contributed by atoms with E-state index >= 15 is 0 Å². The Morgan fingerprint density at radius 2 is 2.29 bits per heavy atom. The molecule has 1 aromatic carbocycles. The van der Waals surface area contributed by atoms with E-state index in [9.17, 15) is 9.90 Å². The Bertz CT molecular complexity index is 514. The van der Waals surface area contributed by atoms with Crippen molar-refractivity contribution < 1.29 is 14.6 Å². The number of phenols is 1. The molecule has 1 aliphatic heterocycles. The minimum atomic E-state index is -0.184. The lowest BCUT2D eigenvalue weighted by molar-refractivity contribution is 0.0928. The van der Waals surface area contributed by atoms with Crippen molar-refractivity contribution in [2.75, 3.05) is 20.2 Å². The molecule has 3 N–H and O–H groups in total. The third kappa shape index (κ3) is 3.67. The van der Waals surface area contributed by atoms with Crippen LogP contribution in [0.2, 0.25) is 0 Å². The quantitative estimate of drug-likeness (QED) is 0.793. The van der Waals surface area contributed by atoms with Gasteiger partial charge in [-0.15, -0.1) is 0 Å². The molecular formula is C16H24N2O3. The van der Waals surface area contributed by atoms with E-state index in [1.807, 2.05) is 0 Å². The van der Waals surface area contributed by atoms with Crippen LogP contribution in [0.25, 0.3) is 0 Å². The number of piperidine rings is 1. The third-order valence-electron chi connectivity index (χ3n) is 4.24. The highest BCUT2D eigenvalue weighted by Gasteiger charge is 2.31. The number of benzene rings is 1. The molecule has 1 aliphatic rings. The number of carbonyl (C=O) groups excluding carboxylic acids is 1. The van der Waals surface area contributed by atoms with Gasteiger partial charge in [-0.3, -0.25) is 4.79 Å². The first-order valence-electron chi connectivity index (χ1n) is 7.32. The van der Waals surface area contributed by atoms with Crippen molar-refractivity contribution >= 4 is 5.91 Å². The second-order valence-corrected chi connectivity index (χ2v) is 6.20. The molecule has 5 nitrogen and oxygen atoms in total. The Morgan fingerprint density at radius 1 is 1.52 bits per heavy atom. The second kappa shape index (κ2) is 6.35. The van der Waals surface area contributed by atoms with E-state index in [0.717, 1.165) is 13.0 Å². The Kier molecular flexibility index (Phi) is 4.73. The number of amides is 1. The lowest BCUT2D eigenvalue weighted by atomic mass is 9.77. The number of methoxy groups -OCH3 is 1. The van der Waals surface area contributed by atoms with Crippen LogP contribution < -0.4 is 15.4 Å². The molecule has 2 rings (SSSR count). The van der Waals surface area contributed by atoms with E-state index in [2.05, 4.69) is 24.5 Å². The highest BCUT2D eigenvalue weighted by molar-refractivity contribution is 5.94. The Labute approximate surface area is 125 Å². The van der Waals surface area contributed by atoms with Crippen LogP contribution in [0.1, 0.15) is 37.0 Å². The number of hydrogen-bond acceptors (Lipinski definition) is 4. The summed E-state index contributed by atoms with van der Waals surface area (Å²) in [6, 6.07) is 4.93. The molecule has 1 fully saturated rings. The van der Waals surface area contributed by atoms with Crippen LogP contribution in [0.4, 0.5) is 0 Å². The van der Waals surface area contributed by atoms with Gasteiger partial charge in [-0.05, 0) is 43.0 Å². The van der Waals surface area contributed by atoms with E-state index in [1.54, 1.807) is 12.1 Å². The molecular weight excluding hydrogens is 268 g/mol. The average molecular weight is 292 g/mol. The normalized spacial score (nSPS) is 20.8. The molecule has 1 saturated heterocycles. The van der Waals surface area contributed by atoms with E-state index in [-0.39, 0.29) is 23.1 Å². The molecule has 1 amide bonds. The van der Waals surface area contributed by atoms with Gasteiger partial charge in [0, 0.05) is 18.2 Å². The van der Waals surface area contributed by atoms with Gasteiger partial charge in [0.25, 0.3) is 5.91 Å². The Hall–Kier alpha value is -1.75. The third-order valence-corrected chi connectivity index (χ3v) is 4.24. The fourth-order valence-corrected chi connectivity index (χ4v) is 2.75. The molecule has 5 heteroatoms. The van der Waals surface area contributed by atoms with E-state index in [0.29, 0.717) is 17.9 Å². The molecule has 0 radical (unpaired) electrons. The number of aromatic hydroxyl groups is 1. The van der Waals surface area contributed by atoms with Gasteiger partial charge in [0.15, 0.2) is 11.5 Å². The highest BCUT2D eigenvalue weighted by atomic mass is 16.5. The fraction of sp³-hybridized carbons (Fsp3) is 0.562. The summed E-state index contributed by atoms with van der Waals surface area (Å²) >= 11 is 0. The number of phenolic OH excluding ortho intramolecular Hbond substituents is 1. The minimum absolute atomic E-state index is 0.0266. The number of rotatable bonds is 4. The largest absolute Gasteiger partial charge is 0.504 e. The molecule has 0 saturated carbocycles. The van der Waals surface area contributed by atoms with Crippen LogP contribution in [0.5, 0.6) is 11.5 Å². The van der Waals surface area contributed by atoms with Gasteiger partial charge in [-0.25, -0.2) is 0 Å². The highest BCUT2D eigenvalue weighted by Crippen LogP contribution is 2.30. The van der Waals surface area contributed by atoms with Crippen molar-refractivity contribution in [2.45, 2.75) is 32.7 Å². The standard InChI is InChI=1S/C16H24N2O3/c1-16(2)7-4-8-17-14(16)10-18-15(20)11-5-6-13(21-3)12(19)9-11/h5-6,9,14,17,19H,4,7-8,10H2,1-3H3,(H,18,20). The number of nitrogens with one attached hydrogen (secondary N) is 2. The average Bonchev–Trinajstić information content (AvgIpc) is 2.45. The van der Waals surface area contributed by atoms with Gasteiger partial charge < -0.3 is 20.5 Å². The van der Waals surface area contributed by atoms with E-state index in [4.69, 9.17) is 4.74 Å². The van der Waals surface area contributed by atoms with Crippen molar-refractivity contribution in [1.82, 2.24) is 10.6 Å². The van der Waals surface area contributed by atoms with Crippen molar-refractivity contribution in [2.24, 2.45) is 5.41 Å². The summed E-state index contributed by atoms with van der Waals surface area (Å²) in [5.74, 6) is 0.152. The maximum atomic E-state index is 12.2. The van der Waals surface area contributed by atoms with Crippen molar-refractivity contribution in [1.29, 1.82) is 0 Å². The van der Waals surface area contributed by atoms with Gasteiger partial charge in [-0.2, -0.15) is 0 Å². The van der Waals surface area contributed by atoms with Crippen LogP contribution >= 0.6 is 0 Å². The lowest BCUT2D eigenvalue weighted by Crippen LogP contribution is -2.52. The predicted molar refractivity (Wildman–Crippen MR) is 81.8 cm³/mol.